The first-order chi connectivity index (χ1) is 10.7. The normalized spacial score (nSPS) is 16.5. The fraction of sp³-hybridized carbons (Fsp3) is 0.632. The van der Waals surface area contributed by atoms with Crippen LogP contribution in [-0.4, -0.2) is 35.8 Å². The highest BCUT2D eigenvalue weighted by Gasteiger charge is 2.27. The van der Waals surface area contributed by atoms with E-state index in [9.17, 15) is 4.79 Å². The van der Waals surface area contributed by atoms with E-state index in [0.29, 0.717) is 19.7 Å². The molecule has 128 valence electrons. The Kier molecular flexibility index (Phi) is 5.69. The van der Waals surface area contributed by atoms with Crippen LogP contribution < -0.4 is 0 Å². The molecule has 0 radical (unpaired) electrons. The van der Waals surface area contributed by atoms with E-state index >= 15 is 0 Å². The Morgan fingerprint density at radius 1 is 1.22 bits per heavy atom. The molecule has 1 heterocycles. The second-order valence-electron chi connectivity index (χ2n) is 7.41. The van der Waals surface area contributed by atoms with Gasteiger partial charge in [0, 0.05) is 13.1 Å². The molecule has 0 aromatic heterocycles. The highest BCUT2D eigenvalue weighted by Crippen LogP contribution is 2.19. The molecule has 0 saturated carbocycles. The van der Waals surface area contributed by atoms with Crippen molar-refractivity contribution in [3.8, 4) is 0 Å². The molecule has 1 fully saturated rings. The smallest absolute Gasteiger partial charge is 0.410 e. The second-order valence-corrected chi connectivity index (χ2v) is 7.41. The first-order valence-corrected chi connectivity index (χ1v) is 8.40. The van der Waals surface area contributed by atoms with Gasteiger partial charge in [-0.3, -0.25) is 0 Å². The van der Waals surface area contributed by atoms with Crippen molar-refractivity contribution in [2.24, 2.45) is 0 Å². The van der Waals surface area contributed by atoms with Gasteiger partial charge in [-0.2, -0.15) is 0 Å². The van der Waals surface area contributed by atoms with Crippen LogP contribution in [0.5, 0.6) is 0 Å². The summed E-state index contributed by atoms with van der Waals surface area (Å²) >= 11 is 0. The van der Waals surface area contributed by atoms with Crippen LogP contribution in [0.1, 0.15) is 50.3 Å². The van der Waals surface area contributed by atoms with E-state index in [1.165, 1.54) is 16.7 Å². The minimum absolute atomic E-state index is 0.216. The van der Waals surface area contributed by atoms with Gasteiger partial charge in [-0.05, 0) is 58.6 Å². The molecule has 1 saturated heterocycles. The molecule has 0 atom stereocenters. The van der Waals surface area contributed by atoms with Gasteiger partial charge in [0.25, 0.3) is 0 Å². The van der Waals surface area contributed by atoms with E-state index in [1.807, 2.05) is 20.8 Å². The zero-order valence-electron chi connectivity index (χ0n) is 15.0. The first kappa shape index (κ1) is 17.8. The number of nitrogens with zero attached hydrogens (tertiary/aromatic N) is 1. The number of rotatable bonds is 3. The van der Waals surface area contributed by atoms with Crippen molar-refractivity contribution in [3.63, 3.8) is 0 Å². The number of hydrogen-bond donors (Lipinski definition) is 0. The molecule has 1 aromatic carbocycles. The van der Waals surface area contributed by atoms with Gasteiger partial charge < -0.3 is 14.4 Å². The van der Waals surface area contributed by atoms with Gasteiger partial charge in [-0.25, -0.2) is 4.79 Å². The maximum Gasteiger partial charge on any atom is 0.410 e. The number of hydrogen-bond acceptors (Lipinski definition) is 3. The largest absolute Gasteiger partial charge is 0.444 e. The molecular weight excluding hydrogens is 290 g/mol. The van der Waals surface area contributed by atoms with Gasteiger partial charge in [0.05, 0.1) is 12.7 Å². The summed E-state index contributed by atoms with van der Waals surface area (Å²) in [7, 11) is 0. The summed E-state index contributed by atoms with van der Waals surface area (Å²) in [5.74, 6) is 0. The summed E-state index contributed by atoms with van der Waals surface area (Å²) in [6.07, 6.45) is 1.73. The Hall–Kier alpha value is -1.55. The molecule has 0 aliphatic carbocycles. The minimum atomic E-state index is -0.437. The van der Waals surface area contributed by atoms with Crippen molar-refractivity contribution in [1.29, 1.82) is 0 Å². The summed E-state index contributed by atoms with van der Waals surface area (Å²) < 4.78 is 11.5. The fourth-order valence-corrected chi connectivity index (χ4v) is 2.69. The first-order valence-electron chi connectivity index (χ1n) is 8.40. The third kappa shape index (κ3) is 5.54. The lowest BCUT2D eigenvalue weighted by Gasteiger charge is -2.33. The van der Waals surface area contributed by atoms with Crippen LogP contribution in [0.2, 0.25) is 0 Å². The maximum atomic E-state index is 12.0. The molecule has 4 nitrogen and oxygen atoms in total. The number of benzene rings is 1. The monoisotopic (exact) mass is 319 g/mol. The van der Waals surface area contributed by atoms with Crippen LogP contribution >= 0.6 is 0 Å². The number of carbonyl (C=O) groups is 1. The van der Waals surface area contributed by atoms with Crippen molar-refractivity contribution < 1.29 is 14.3 Å². The standard InChI is InChI=1S/C19H29NO3/c1-14-6-7-15(2)16(12-14)13-22-17-8-10-20(11-9-17)18(21)23-19(3,4)5/h6-7,12,17H,8-11,13H2,1-5H3. The van der Waals surface area contributed by atoms with E-state index in [2.05, 4.69) is 32.0 Å². The quantitative estimate of drug-likeness (QED) is 0.837. The van der Waals surface area contributed by atoms with E-state index in [4.69, 9.17) is 9.47 Å². The van der Waals surface area contributed by atoms with Gasteiger partial charge in [0.2, 0.25) is 0 Å². The number of likely N-dealkylation sites (tertiary alicyclic amines) is 1. The SMILES string of the molecule is Cc1ccc(C)c(COC2CCN(C(=O)OC(C)(C)C)CC2)c1. The third-order valence-electron chi connectivity index (χ3n) is 4.07. The Morgan fingerprint density at radius 3 is 2.48 bits per heavy atom. The molecule has 0 spiro atoms. The Balaban J connectivity index is 1.79. The van der Waals surface area contributed by atoms with Crippen LogP contribution in [0.4, 0.5) is 4.79 Å². The molecule has 0 bridgehead atoms. The highest BCUT2D eigenvalue weighted by atomic mass is 16.6. The van der Waals surface area contributed by atoms with Gasteiger partial charge in [0.15, 0.2) is 0 Å². The molecule has 4 heteroatoms. The van der Waals surface area contributed by atoms with E-state index in [1.54, 1.807) is 4.90 Å². The van der Waals surface area contributed by atoms with Crippen molar-refractivity contribution in [2.75, 3.05) is 13.1 Å². The van der Waals surface area contributed by atoms with Crippen molar-refractivity contribution in [1.82, 2.24) is 4.90 Å². The molecule has 0 N–H and O–H groups in total. The van der Waals surface area contributed by atoms with Gasteiger partial charge in [-0.15, -0.1) is 0 Å². The predicted octanol–water partition coefficient (Wildman–Crippen LogP) is 4.22. The van der Waals surface area contributed by atoms with Crippen LogP contribution in [-0.2, 0) is 16.1 Å². The number of amides is 1. The molecule has 23 heavy (non-hydrogen) atoms. The molecule has 1 aliphatic rings. The van der Waals surface area contributed by atoms with Crippen LogP contribution in [0.25, 0.3) is 0 Å². The second kappa shape index (κ2) is 7.35. The van der Waals surface area contributed by atoms with Gasteiger partial charge >= 0.3 is 6.09 Å². The lowest BCUT2D eigenvalue weighted by atomic mass is 10.1. The Morgan fingerprint density at radius 2 is 1.87 bits per heavy atom. The van der Waals surface area contributed by atoms with E-state index in [-0.39, 0.29) is 12.2 Å². The van der Waals surface area contributed by atoms with Crippen molar-refractivity contribution >= 4 is 6.09 Å². The third-order valence-corrected chi connectivity index (χ3v) is 4.07. The summed E-state index contributed by atoms with van der Waals surface area (Å²) in [6, 6.07) is 6.45. The van der Waals surface area contributed by atoms with Gasteiger partial charge in [0.1, 0.15) is 5.60 Å². The molecule has 1 aliphatic heterocycles. The number of ether oxygens (including phenoxy) is 2. The lowest BCUT2D eigenvalue weighted by Crippen LogP contribution is -2.43. The zero-order chi connectivity index (χ0) is 17.0. The topological polar surface area (TPSA) is 38.8 Å². The summed E-state index contributed by atoms with van der Waals surface area (Å²) in [4.78, 5) is 13.8. The molecule has 2 rings (SSSR count). The van der Waals surface area contributed by atoms with E-state index < -0.39 is 5.60 Å². The lowest BCUT2D eigenvalue weighted by molar-refractivity contribution is -0.0171. The average Bonchev–Trinajstić information content (AvgIpc) is 2.47. The van der Waals surface area contributed by atoms with Crippen LogP contribution in [0, 0.1) is 13.8 Å². The number of piperidine rings is 1. The van der Waals surface area contributed by atoms with Crippen LogP contribution in [0.3, 0.4) is 0 Å². The molecular formula is C19H29NO3. The molecule has 1 amide bonds. The Labute approximate surface area is 139 Å². The molecule has 1 aromatic rings. The zero-order valence-corrected chi connectivity index (χ0v) is 15.0. The molecule has 0 unspecified atom stereocenters. The number of aryl methyl sites for hydroxylation is 2. The average molecular weight is 319 g/mol. The summed E-state index contributed by atoms with van der Waals surface area (Å²) in [5.41, 5.74) is 3.34. The van der Waals surface area contributed by atoms with Crippen LogP contribution in [0.15, 0.2) is 18.2 Å². The highest BCUT2D eigenvalue weighted by molar-refractivity contribution is 5.68. The fourth-order valence-electron chi connectivity index (χ4n) is 2.69. The predicted molar refractivity (Wildman–Crippen MR) is 91.5 cm³/mol. The maximum absolute atomic E-state index is 12.0. The summed E-state index contributed by atoms with van der Waals surface area (Å²) in [6.45, 7) is 11.9. The summed E-state index contributed by atoms with van der Waals surface area (Å²) in [5, 5.41) is 0. The van der Waals surface area contributed by atoms with Crippen molar-refractivity contribution in [2.45, 2.75) is 65.8 Å². The number of carbonyl (C=O) groups excluding carboxylic acids is 1. The Bertz CT molecular complexity index is 540. The van der Waals surface area contributed by atoms with Crippen molar-refractivity contribution in [3.05, 3.63) is 34.9 Å². The van der Waals surface area contributed by atoms with E-state index in [0.717, 1.165) is 12.8 Å². The van der Waals surface area contributed by atoms with Gasteiger partial charge in [-0.1, -0.05) is 23.8 Å². The minimum Gasteiger partial charge on any atom is -0.444 e.